The smallest absolute Gasteiger partial charge is 0.305 e. The average molecular weight is 284 g/mol. The third kappa shape index (κ3) is 3.38. The molecule has 0 aliphatic rings. The minimum atomic E-state index is -0.751. The van der Waals surface area contributed by atoms with Crippen molar-refractivity contribution in [3.8, 4) is 0 Å². The van der Waals surface area contributed by atoms with Gasteiger partial charge in [0.25, 0.3) is 0 Å². The minimum Gasteiger partial charge on any atom is -0.305 e. The molecule has 4 nitrogen and oxygen atoms in total. The van der Waals surface area contributed by atoms with E-state index in [1.807, 2.05) is 0 Å². The molecule has 98 valence electrons. The fourth-order valence-corrected chi connectivity index (χ4v) is 1.52. The van der Waals surface area contributed by atoms with Crippen LogP contribution in [-0.2, 0) is 0 Å². The van der Waals surface area contributed by atoms with E-state index < -0.39 is 17.7 Å². The first kappa shape index (κ1) is 13.2. The largest absolute Gasteiger partial charge is 0.323 e. The van der Waals surface area contributed by atoms with E-state index in [1.165, 1.54) is 12.3 Å². The maximum Gasteiger partial charge on any atom is 0.323 e. The molecule has 0 fully saturated rings. The number of hydrogen-bond acceptors (Lipinski definition) is 2. The van der Waals surface area contributed by atoms with E-state index in [4.69, 9.17) is 11.6 Å². The Morgan fingerprint density at radius 1 is 1.16 bits per heavy atom. The van der Waals surface area contributed by atoms with Crippen molar-refractivity contribution >= 4 is 29.0 Å². The van der Waals surface area contributed by atoms with Crippen molar-refractivity contribution in [1.29, 1.82) is 0 Å². The molecule has 19 heavy (non-hydrogen) atoms. The van der Waals surface area contributed by atoms with Gasteiger partial charge in [-0.05, 0) is 24.3 Å². The van der Waals surface area contributed by atoms with Crippen molar-refractivity contribution in [2.75, 3.05) is 10.6 Å². The summed E-state index contributed by atoms with van der Waals surface area (Å²) in [5, 5.41) is 4.64. The van der Waals surface area contributed by atoms with E-state index >= 15 is 0 Å². The van der Waals surface area contributed by atoms with Gasteiger partial charge in [0, 0.05) is 12.3 Å². The Kier molecular flexibility index (Phi) is 3.91. The molecule has 0 radical (unpaired) electrons. The van der Waals surface area contributed by atoms with Gasteiger partial charge in [0.2, 0.25) is 0 Å². The number of amides is 2. The van der Waals surface area contributed by atoms with Crippen LogP contribution < -0.4 is 10.6 Å². The van der Waals surface area contributed by atoms with Gasteiger partial charge in [-0.3, -0.25) is 0 Å². The van der Waals surface area contributed by atoms with Crippen LogP contribution in [0.15, 0.2) is 36.5 Å². The van der Waals surface area contributed by atoms with Gasteiger partial charge >= 0.3 is 6.03 Å². The second-order valence-electron chi connectivity index (χ2n) is 3.55. The molecule has 0 aliphatic heterocycles. The number of carbonyl (C=O) groups is 1. The van der Waals surface area contributed by atoms with Crippen LogP contribution in [0.5, 0.6) is 0 Å². The molecular weight excluding hydrogens is 276 g/mol. The monoisotopic (exact) mass is 283 g/mol. The third-order valence-corrected chi connectivity index (χ3v) is 2.49. The number of urea groups is 1. The van der Waals surface area contributed by atoms with Crippen LogP contribution >= 0.6 is 11.6 Å². The lowest BCUT2D eigenvalue weighted by Gasteiger charge is -2.09. The standard InChI is InChI=1S/C12H8ClF2N3O/c13-11-9(2-1-5-16-11)17-12(19)18-10-6-7(14)3-4-8(10)15/h1-6H,(H2,17,18,19). The molecule has 2 aromatic rings. The molecule has 0 saturated carbocycles. The van der Waals surface area contributed by atoms with Crippen LogP contribution in [-0.4, -0.2) is 11.0 Å². The number of anilines is 2. The molecular formula is C12H8ClF2N3O. The van der Waals surface area contributed by atoms with Gasteiger partial charge in [-0.25, -0.2) is 18.6 Å². The van der Waals surface area contributed by atoms with Crippen LogP contribution in [0.1, 0.15) is 0 Å². The topological polar surface area (TPSA) is 54.0 Å². The Labute approximate surface area is 112 Å². The molecule has 1 heterocycles. The molecule has 0 spiro atoms. The number of aromatic nitrogens is 1. The summed E-state index contributed by atoms with van der Waals surface area (Å²) in [6.45, 7) is 0. The summed E-state index contributed by atoms with van der Waals surface area (Å²) in [6.07, 6.45) is 1.46. The molecule has 0 unspecified atom stereocenters. The van der Waals surface area contributed by atoms with Crippen LogP contribution in [0.3, 0.4) is 0 Å². The second-order valence-corrected chi connectivity index (χ2v) is 3.90. The molecule has 0 bridgehead atoms. The lowest BCUT2D eigenvalue weighted by molar-refractivity contribution is 0.262. The number of carbonyl (C=O) groups excluding carboxylic acids is 1. The van der Waals surface area contributed by atoms with Crippen LogP contribution in [0, 0.1) is 11.6 Å². The minimum absolute atomic E-state index is 0.0948. The van der Waals surface area contributed by atoms with E-state index in [0.717, 1.165) is 18.2 Å². The Morgan fingerprint density at radius 3 is 2.63 bits per heavy atom. The Bertz CT molecular complexity index is 622. The van der Waals surface area contributed by atoms with Gasteiger partial charge in [-0.15, -0.1) is 0 Å². The number of hydrogen-bond donors (Lipinski definition) is 2. The summed E-state index contributed by atoms with van der Waals surface area (Å²) in [5.74, 6) is -1.40. The van der Waals surface area contributed by atoms with Crippen LogP contribution in [0.4, 0.5) is 25.0 Å². The van der Waals surface area contributed by atoms with Crippen LogP contribution in [0.2, 0.25) is 5.15 Å². The van der Waals surface area contributed by atoms with Crippen molar-refractivity contribution in [3.63, 3.8) is 0 Å². The SMILES string of the molecule is O=C(Nc1cc(F)ccc1F)Nc1cccnc1Cl. The molecule has 2 rings (SSSR count). The number of rotatable bonds is 2. The molecule has 2 N–H and O–H groups in total. The number of nitrogens with one attached hydrogen (secondary N) is 2. The fraction of sp³-hybridized carbons (Fsp3) is 0. The van der Waals surface area contributed by atoms with E-state index in [0.29, 0.717) is 0 Å². The zero-order valence-electron chi connectivity index (χ0n) is 9.45. The maximum atomic E-state index is 13.3. The Morgan fingerprint density at radius 2 is 1.89 bits per heavy atom. The van der Waals surface area contributed by atoms with Gasteiger partial charge in [0.05, 0.1) is 11.4 Å². The molecule has 0 aliphatic carbocycles. The zero-order valence-corrected chi connectivity index (χ0v) is 10.2. The van der Waals surface area contributed by atoms with Gasteiger partial charge < -0.3 is 10.6 Å². The van der Waals surface area contributed by atoms with Crippen molar-refractivity contribution < 1.29 is 13.6 Å². The highest BCUT2D eigenvalue weighted by Gasteiger charge is 2.09. The normalized spacial score (nSPS) is 10.1. The molecule has 1 aromatic carbocycles. The highest BCUT2D eigenvalue weighted by molar-refractivity contribution is 6.32. The van der Waals surface area contributed by atoms with Gasteiger partial charge in [0.15, 0.2) is 5.15 Å². The number of nitrogens with zero attached hydrogens (tertiary/aromatic N) is 1. The van der Waals surface area contributed by atoms with Gasteiger partial charge in [-0.1, -0.05) is 11.6 Å². The van der Waals surface area contributed by atoms with E-state index in [9.17, 15) is 13.6 Å². The lowest BCUT2D eigenvalue weighted by atomic mass is 10.3. The molecule has 7 heteroatoms. The predicted octanol–water partition coefficient (Wildman–Crippen LogP) is 3.66. The van der Waals surface area contributed by atoms with E-state index in [2.05, 4.69) is 15.6 Å². The maximum absolute atomic E-state index is 13.3. The molecule has 1 aromatic heterocycles. The molecule has 2 amide bonds. The van der Waals surface area contributed by atoms with E-state index in [-0.39, 0.29) is 16.5 Å². The average Bonchev–Trinajstić information content (AvgIpc) is 2.37. The van der Waals surface area contributed by atoms with Crippen LogP contribution in [0.25, 0.3) is 0 Å². The first-order valence-electron chi connectivity index (χ1n) is 5.20. The highest BCUT2D eigenvalue weighted by atomic mass is 35.5. The summed E-state index contributed by atoms with van der Waals surface area (Å²) in [4.78, 5) is 15.4. The summed E-state index contributed by atoms with van der Waals surface area (Å²) < 4.78 is 26.2. The van der Waals surface area contributed by atoms with Crippen molar-refractivity contribution in [1.82, 2.24) is 4.98 Å². The van der Waals surface area contributed by atoms with E-state index in [1.54, 1.807) is 6.07 Å². The first-order chi connectivity index (χ1) is 9.06. The third-order valence-electron chi connectivity index (χ3n) is 2.18. The molecule has 0 atom stereocenters. The zero-order chi connectivity index (χ0) is 13.8. The first-order valence-corrected chi connectivity index (χ1v) is 5.57. The van der Waals surface area contributed by atoms with Crippen molar-refractivity contribution in [2.24, 2.45) is 0 Å². The number of benzene rings is 1. The fourth-order valence-electron chi connectivity index (χ4n) is 1.35. The Hall–Kier alpha value is -2.21. The second kappa shape index (κ2) is 5.62. The van der Waals surface area contributed by atoms with Gasteiger partial charge in [0.1, 0.15) is 11.6 Å². The summed E-state index contributed by atoms with van der Waals surface area (Å²) >= 11 is 5.74. The quantitative estimate of drug-likeness (QED) is 0.827. The molecule has 0 saturated heterocycles. The summed E-state index contributed by atoms with van der Waals surface area (Å²) in [5.41, 5.74) is -0.00371. The number of pyridine rings is 1. The predicted molar refractivity (Wildman–Crippen MR) is 68.2 cm³/mol. The highest BCUT2D eigenvalue weighted by Crippen LogP contribution is 2.19. The summed E-state index contributed by atoms with van der Waals surface area (Å²) in [7, 11) is 0. The Balaban J connectivity index is 2.10. The lowest BCUT2D eigenvalue weighted by Crippen LogP contribution is -2.20. The number of halogens is 3. The van der Waals surface area contributed by atoms with Crippen molar-refractivity contribution in [2.45, 2.75) is 0 Å². The van der Waals surface area contributed by atoms with Gasteiger partial charge in [-0.2, -0.15) is 0 Å². The van der Waals surface area contributed by atoms with Crippen molar-refractivity contribution in [3.05, 3.63) is 53.3 Å². The summed E-state index contributed by atoms with van der Waals surface area (Å²) in [6, 6.07) is 5.10.